The van der Waals surface area contributed by atoms with E-state index in [1.165, 1.54) is 12.1 Å². The van der Waals surface area contributed by atoms with E-state index in [0.717, 1.165) is 5.56 Å². The van der Waals surface area contributed by atoms with Crippen LogP contribution in [0.2, 0.25) is 5.02 Å². The van der Waals surface area contributed by atoms with E-state index >= 15 is 0 Å². The van der Waals surface area contributed by atoms with Gasteiger partial charge in [0, 0.05) is 6.07 Å². The summed E-state index contributed by atoms with van der Waals surface area (Å²) in [5.41, 5.74) is 6.94. The Morgan fingerprint density at radius 2 is 1.89 bits per heavy atom. The molecule has 0 radical (unpaired) electrons. The van der Waals surface area contributed by atoms with Crippen LogP contribution in [0.1, 0.15) is 11.6 Å². The molecular formula is C14H13ClFNO. The van der Waals surface area contributed by atoms with Gasteiger partial charge in [0.1, 0.15) is 18.2 Å². The van der Waals surface area contributed by atoms with Crippen molar-refractivity contribution in [3.8, 4) is 5.75 Å². The molecule has 0 heterocycles. The molecule has 0 fully saturated rings. The van der Waals surface area contributed by atoms with Gasteiger partial charge in [0.05, 0.1) is 11.1 Å². The van der Waals surface area contributed by atoms with Gasteiger partial charge >= 0.3 is 0 Å². The van der Waals surface area contributed by atoms with Crippen molar-refractivity contribution in [1.82, 2.24) is 0 Å². The molecule has 2 aromatic rings. The second-order valence-corrected chi connectivity index (χ2v) is 4.31. The van der Waals surface area contributed by atoms with Crippen molar-refractivity contribution in [2.75, 3.05) is 6.61 Å². The van der Waals surface area contributed by atoms with Crippen LogP contribution < -0.4 is 10.5 Å². The molecule has 4 heteroatoms. The minimum absolute atomic E-state index is 0.0784. The molecule has 0 aliphatic rings. The Bertz CT molecular complexity index is 518. The maximum Gasteiger partial charge on any atom is 0.145 e. The fourth-order valence-electron chi connectivity index (χ4n) is 1.55. The van der Waals surface area contributed by atoms with Crippen molar-refractivity contribution in [2.45, 2.75) is 6.04 Å². The molecule has 0 saturated carbocycles. The number of hydrogen-bond acceptors (Lipinski definition) is 2. The van der Waals surface area contributed by atoms with Gasteiger partial charge in [-0.2, -0.15) is 0 Å². The molecule has 0 amide bonds. The van der Waals surface area contributed by atoms with Crippen LogP contribution in [0, 0.1) is 5.82 Å². The zero-order chi connectivity index (χ0) is 13.0. The smallest absolute Gasteiger partial charge is 0.145 e. The van der Waals surface area contributed by atoms with Crippen molar-refractivity contribution in [1.29, 1.82) is 0 Å². The molecule has 18 heavy (non-hydrogen) atoms. The van der Waals surface area contributed by atoms with Crippen LogP contribution in [0.3, 0.4) is 0 Å². The fourth-order valence-corrected chi connectivity index (χ4v) is 1.67. The lowest BCUT2D eigenvalue weighted by atomic mass is 10.1. The van der Waals surface area contributed by atoms with Gasteiger partial charge in [0.25, 0.3) is 0 Å². The fraction of sp³-hybridized carbons (Fsp3) is 0.143. The zero-order valence-electron chi connectivity index (χ0n) is 9.64. The average molecular weight is 266 g/mol. The number of nitrogens with two attached hydrogens (primary N) is 1. The molecule has 0 bridgehead atoms. The van der Waals surface area contributed by atoms with Crippen LogP contribution in [0.5, 0.6) is 5.75 Å². The molecule has 0 saturated heterocycles. The first kappa shape index (κ1) is 12.9. The van der Waals surface area contributed by atoms with Gasteiger partial charge in [-0.15, -0.1) is 0 Å². The van der Waals surface area contributed by atoms with Crippen LogP contribution in [-0.2, 0) is 0 Å². The molecule has 0 aliphatic carbocycles. The van der Waals surface area contributed by atoms with Crippen LogP contribution in [0.15, 0.2) is 48.5 Å². The molecule has 0 aromatic heterocycles. The van der Waals surface area contributed by atoms with Gasteiger partial charge in [-0.25, -0.2) is 4.39 Å². The van der Waals surface area contributed by atoms with Crippen LogP contribution in [0.25, 0.3) is 0 Å². The van der Waals surface area contributed by atoms with E-state index in [4.69, 9.17) is 22.1 Å². The summed E-state index contributed by atoms with van der Waals surface area (Å²) in [4.78, 5) is 0. The molecular weight excluding hydrogens is 253 g/mol. The van der Waals surface area contributed by atoms with Crippen molar-refractivity contribution >= 4 is 11.6 Å². The lowest BCUT2D eigenvalue weighted by molar-refractivity contribution is 0.289. The summed E-state index contributed by atoms with van der Waals surface area (Å²) < 4.78 is 18.6. The summed E-state index contributed by atoms with van der Waals surface area (Å²) in [7, 11) is 0. The number of rotatable bonds is 4. The highest BCUT2D eigenvalue weighted by atomic mass is 35.5. The van der Waals surface area contributed by atoms with Crippen LogP contribution in [0.4, 0.5) is 4.39 Å². The summed E-state index contributed by atoms with van der Waals surface area (Å²) >= 11 is 5.58. The Kier molecular flexibility index (Phi) is 4.18. The second kappa shape index (κ2) is 5.85. The van der Waals surface area contributed by atoms with Gasteiger partial charge in [0.2, 0.25) is 0 Å². The average Bonchev–Trinajstić information content (AvgIpc) is 2.41. The Labute approximate surface area is 110 Å². The highest BCUT2D eigenvalue weighted by molar-refractivity contribution is 6.30. The lowest BCUT2D eigenvalue weighted by Crippen LogP contribution is -2.18. The first-order valence-corrected chi connectivity index (χ1v) is 5.93. The summed E-state index contributed by atoms with van der Waals surface area (Å²) in [5.74, 6) is -0.0780. The molecule has 1 unspecified atom stereocenters. The van der Waals surface area contributed by atoms with Gasteiger partial charge in [-0.3, -0.25) is 0 Å². The largest absolute Gasteiger partial charge is 0.492 e. The molecule has 0 aliphatic heterocycles. The van der Waals surface area contributed by atoms with Gasteiger partial charge < -0.3 is 10.5 Å². The van der Waals surface area contributed by atoms with Crippen LogP contribution in [-0.4, -0.2) is 6.61 Å². The molecule has 2 nitrogen and oxygen atoms in total. The Morgan fingerprint density at radius 3 is 2.56 bits per heavy atom. The van der Waals surface area contributed by atoms with E-state index in [2.05, 4.69) is 0 Å². The second-order valence-electron chi connectivity index (χ2n) is 3.90. The molecule has 0 spiro atoms. The van der Waals surface area contributed by atoms with Gasteiger partial charge in [0.15, 0.2) is 0 Å². The quantitative estimate of drug-likeness (QED) is 0.917. The predicted molar refractivity (Wildman–Crippen MR) is 70.3 cm³/mol. The van der Waals surface area contributed by atoms with Gasteiger partial charge in [-0.05, 0) is 17.7 Å². The van der Waals surface area contributed by atoms with Crippen molar-refractivity contribution < 1.29 is 9.13 Å². The molecule has 2 N–H and O–H groups in total. The summed E-state index contributed by atoms with van der Waals surface area (Å²) in [6.45, 7) is 0.283. The first-order chi connectivity index (χ1) is 8.66. The highest BCUT2D eigenvalue weighted by Gasteiger charge is 2.07. The number of halogens is 2. The summed E-state index contributed by atoms with van der Waals surface area (Å²) in [5, 5.41) is 0.0784. The van der Waals surface area contributed by atoms with Crippen molar-refractivity contribution in [3.63, 3.8) is 0 Å². The monoisotopic (exact) mass is 265 g/mol. The van der Waals surface area contributed by atoms with E-state index in [1.54, 1.807) is 6.07 Å². The lowest BCUT2D eigenvalue weighted by Gasteiger charge is -2.13. The predicted octanol–water partition coefficient (Wildman–Crippen LogP) is 3.56. The number of benzene rings is 2. The zero-order valence-corrected chi connectivity index (χ0v) is 10.4. The van der Waals surface area contributed by atoms with Gasteiger partial charge in [-0.1, -0.05) is 41.9 Å². The Hall–Kier alpha value is -1.58. The minimum Gasteiger partial charge on any atom is -0.492 e. The van der Waals surface area contributed by atoms with E-state index < -0.39 is 5.82 Å². The highest BCUT2D eigenvalue weighted by Crippen LogP contribution is 2.21. The Balaban J connectivity index is 1.97. The molecule has 2 aromatic carbocycles. The van der Waals surface area contributed by atoms with E-state index in [9.17, 15) is 4.39 Å². The third-order valence-corrected chi connectivity index (χ3v) is 2.85. The number of hydrogen-bond donors (Lipinski definition) is 1. The van der Waals surface area contributed by atoms with E-state index in [1.807, 2.05) is 30.3 Å². The molecule has 1 atom stereocenters. The third-order valence-electron chi connectivity index (χ3n) is 2.55. The Morgan fingerprint density at radius 1 is 1.17 bits per heavy atom. The maximum atomic E-state index is 13.2. The minimum atomic E-state index is -0.498. The molecule has 2 rings (SSSR count). The first-order valence-electron chi connectivity index (χ1n) is 5.55. The molecule has 94 valence electrons. The SMILES string of the molecule is NC(COc1ccc(Cl)c(F)c1)c1ccccc1. The van der Waals surface area contributed by atoms with Crippen molar-refractivity contribution in [2.24, 2.45) is 5.73 Å². The normalized spacial score (nSPS) is 12.2. The van der Waals surface area contributed by atoms with Crippen LogP contribution >= 0.6 is 11.6 Å². The third kappa shape index (κ3) is 3.22. The van der Waals surface area contributed by atoms with Crippen molar-refractivity contribution in [3.05, 3.63) is 64.9 Å². The topological polar surface area (TPSA) is 35.2 Å². The number of ether oxygens (including phenoxy) is 1. The standard InChI is InChI=1S/C14H13ClFNO/c15-12-7-6-11(8-13(12)16)18-9-14(17)10-4-2-1-3-5-10/h1-8,14H,9,17H2. The van der Waals surface area contributed by atoms with E-state index in [-0.39, 0.29) is 17.7 Å². The summed E-state index contributed by atoms with van der Waals surface area (Å²) in [6, 6.07) is 13.7. The summed E-state index contributed by atoms with van der Waals surface area (Å²) in [6.07, 6.45) is 0. The maximum absolute atomic E-state index is 13.2. The van der Waals surface area contributed by atoms with E-state index in [0.29, 0.717) is 5.75 Å².